The van der Waals surface area contributed by atoms with Gasteiger partial charge in [0.05, 0.1) is 5.69 Å². The van der Waals surface area contributed by atoms with Crippen molar-refractivity contribution in [2.24, 2.45) is 0 Å². The molecule has 0 bridgehead atoms. The topological polar surface area (TPSA) is 67.4 Å². The van der Waals surface area contributed by atoms with Gasteiger partial charge in [0, 0.05) is 24.0 Å². The number of benzene rings is 1. The largest absolute Gasteiger partial charge is 0.251 e. The minimum absolute atomic E-state index is 0.247. The van der Waals surface area contributed by atoms with Crippen LogP contribution in [0.15, 0.2) is 48.8 Å². The standard InChI is InChI=1S/C14H8FN5/c15-11-4-2-10(3-5-11)13-8-12(9-16)19-20(13)14-17-6-1-7-18-14/h1-8H. The maximum Gasteiger partial charge on any atom is 0.251 e. The molecule has 3 aromatic rings. The molecule has 0 aliphatic rings. The van der Waals surface area contributed by atoms with Gasteiger partial charge in [-0.15, -0.1) is 0 Å². The van der Waals surface area contributed by atoms with Gasteiger partial charge < -0.3 is 0 Å². The molecule has 0 amide bonds. The van der Waals surface area contributed by atoms with Gasteiger partial charge in [0.2, 0.25) is 0 Å². The van der Waals surface area contributed by atoms with Crippen molar-refractivity contribution in [3.05, 3.63) is 60.3 Å². The Hall–Kier alpha value is -3.07. The number of hydrogen-bond donors (Lipinski definition) is 0. The normalized spacial score (nSPS) is 10.2. The number of nitriles is 1. The molecule has 20 heavy (non-hydrogen) atoms. The van der Waals surface area contributed by atoms with Crippen LogP contribution in [0.3, 0.4) is 0 Å². The lowest BCUT2D eigenvalue weighted by Crippen LogP contribution is -2.04. The van der Waals surface area contributed by atoms with Gasteiger partial charge in [-0.2, -0.15) is 15.0 Å². The van der Waals surface area contributed by atoms with Crippen molar-refractivity contribution in [1.82, 2.24) is 19.7 Å². The van der Waals surface area contributed by atoms with Crippen molar-refractivity contribution < 1.29 is 4.39 Å². The predicted molar refractivity (Wildman–Crippen MR) is 69.3 cm³/mol. The average molecular weight is 265 g/mol. The maximum atomic E-state index is 13.0. The van der Waals surface area contributed by atoms with Crippen LogP contribution in [-0.4, -0.2) is 19.7 Å². The molecule has 0 fully saturated rings. The second-order valence-electron chi connectivity index (χ2n) is 3.99. The van der Waals surface area contributed by atoms with Crippen LogP contribution in [0.5, 0.6) is 0 Å². The van der Waals surface area contributed by atoms with E-state index in [0.29, 0.717) is 11.6 Å². The summed E-state index contributed by atoms with van der Waals surface area (Å²) in [6.07, 6.45) is 3.18. The van der Waals surface area contributed by atoms with Crippen molar-refractivity contribution in [3.8, 4) is 23.3 Å². The van der Waals surface area contributed by atoms with E-state index in [-0.39, 0.29) is 11.5 Å². The Kier molecular flexibility index (Phi) is 2.94. The Morgan fingerprint density at radius 3 is 2.45 bits per heavy atom. The first-order valence-electron chi connectivity index (χ1n) is 5.81. The highest BCUT2D eigenvalue weighted by Crippen LogP contribution is 2.22. The van der Waals surface area contributed by atoms with Crippen LogP contribution in [0, 0.1) is 17.1 Å². The molecule has 0 radical (unpaired) electrons. The lowest BCUT2D eigenvalue weighted by Gasteiger charge is -2.05. The molecule has 0 atom stereocenters. The van der Waals surface area contributed by atoms with E-state index in [1.807, 2.05) is 6.07 Å². The smallest absolute Gasteiger partial charge is 0.220 e. The molecule has 0 aliphatic heterocycles. The first kappa shape index (κ1) is 12.0. The molecule has 0 saturated carbocycles. The van der Waals surface area contributed by atoms with Crippen molar-refractivity contribution in [3.63, 3.8) is 0 Å². The van der Waals surface area contributed by atoms with Crippen molar-refractivity contribution >= 4 is 0 Å². The van der Waals surface area contributed by atoms with Crippen LogP contribution in [0.25, 0.3) is 17.2 Å². The van der Waals surface area contributed by atoms with Gasteiger partial charge in [0.25, 0.3) is 5.95 Å². The Balaban J connectivity index is 2.18. The fraction of sp³-hybridized carbons (Fsp3) is 0. The summed E-state index contributed by atoms with van der Waals surface area (Å²) in [5.41, 5.74) is 1.61. The fourth-order valence-corrected chi connectivity index (χ4v) is 1.82. The third-order valence-electron chi connectivity index (χ3n) is 2.71. The Morgan fingerprint density at radius 1 is 1.10 bits per heavy atom. The lowest BCUT2D eigenvalue weighted by atomic mass is 10.1. The molecule has 2 aromatic heterocycles. The van der Waals surface area contributed by atoms with E-state index in [1.54, 1.807) is 36.7 Å². The minimum Gasteiger partial charge on any atom is -0.220 e. The van der Waals surface area contributed by atoms with Gasteiger partial charge in [-0.1, -0.05) is 0 Å². The molecular weight excluding hydrogens is 257 g/mol. The first-order chi connectivity index (χ1) is 9.78. The monoisotopic (exact) mass is 265 g/mol. The zero-order valence-electron chi connectivity index (χ0n) is 10.2. The highest BCUT2D eigenvalue weighted by molar-refractivity contribution is 5.62. The Labute approximate surface area is 114 Å². The van der Waals surface area contributed by atoms with Gasteiger partial charge in [-0.25, -0.2) is 14.4 Å². The van der Waals surface area contributed by atoms with Gasteiger partial charge in [-0.05, 0) is 30.3 Å². The highest BCUT2D eigenvalue weighted by Gasteiger charge is 2.13. The van der Waals surface area contributed by atoms with Crippen LogP contribution in [0.4, 0.5) is 4.39 Å². The molecule has 0 spiro atoms. The minimum atomic E-state index is -0.323. The number of rotatable bonds is 2. The van der Waals surface area contributed by atoms with Gasteiger partial charge in [0.1, 0.15) is 11.9 Å². The first-order valence-corrected chi connectivity index (χ1v) is 5.81. The summed E-state index contributed by atoms with van der Waals surface area (Å²) in [4.78, 5) is 8.21. The molecule has 5 nitrogen and oxygen atoms in total. The van der Waals surface area contributed by atoms with Gasteiger partial charge in [0.15, 0.2) is 5.69 Å². The highest BCUT2D eigenvalue weighted by atomic mass is 19.1. The summed E-state index contributed by atoms with van der Waals surface area (Å²) < 4.78 is 14.5. The van der Waals surface area contributed by atoms with Crippen LogP contribution in [-0.2, 0) is 0 Å². The number of nitrogens with zero attached hydrogens (tertiary/aromatic N) is 5. The third kappa shape index (κ3) is 2.12. The molecule has 2 heterocycles. The summed E-state index contributed by atoms with van der Waals surface area (Å²) in [5.74, 6) is 0.0320. The van der Waals surface area contributed by atoms with E-state index in [2.05, 4.69) is 15.1 Å². The SMILES string of the molecule is N#Cc1cc(-c2ccc(F)cc2)n(-c2ncccn2)n1. The van der Waals surface area contributed by atoms with Crippen LogP contribution in [0.2, 0.25) is 0 Å². The van der Waals surface area contributed by atoms with Crippen LogP contribution < -0.4 is 0 Å². The summed E-state index contributed by atoms with van der Waals surface area (Å²) >= 11 is 0. The molecule has 0 N–H and O–H groups in total. The summed E-state index contributed by atoms with van der Waals surface area (Å²) in [6.45, 7) is 0. The fourth-order valence-electron chi connectivity index (χ4n) is 1.82. The molecule has 0 aliphatic carbocycles. The van der Waals surface area contributed by atoms with Crippen molar-refractivity contribution in [1.29, 1.82) is 5.26 Å². The number of halogens is 1. The lowest BCUT2D eigenvalue weighted by molar-refractivity contribution is 0.628. The molecular formula is C14H8FN5. The van der Waals surface area contributed by atoms with Crippen molar-refractivity contribution in [2.75, 3.05) is 0 Å². The maximum absolute atomic E-state index is 13.0. The molecule has 0 saturated heterocycles. The molecule has 6 heteroatoms. The number of aromatic nitrogens is 4. The van der Waals surface area contributed by atoms with E-state index in [4.69, 9.17) is 5.26 Å². The average Bonchev–Trinajstić information content (AvgIpc) is 2.93. The van der Waals surface area contributed by atoms with E-state index in [0.717, 1.165) is 5.56 Å². The zero-order valence-corrected chi connectivity index (χ0v) is 10.2. The van der Waals surface area contributed by atoms with Gasteiger partial charge >= 0.3 is 0 Å². The molecule has 3 rings (SSSR count). The summed E-state index contributed by atoms with van der Waals surface area (Å²) in [5, 5.41) is 13.1. The zero-order chi connectivity index (χ0) is 13.9. The summed E-state index contributed by atoms with van der Waals surface area (Å²) in [6, 6.07) is 11.2. The van der Waals surface area contributed by atoms with E-state index in [1.165, 1.54) is 16.8 Å². The van der Waals surface area contributed by atoms with E-state index in [9.17, 15) is 4.39 Å². The molecule has 96 valence electrons. The third-order valence-corrected chi connectivity index (χ3v) is 2.71. The van der Waals surface area contributed by atoms with Crippen molar-refractivity contribution in [2.45, 2.75) is 0 Å². The quantitative estimate of drug-likeness (QED) is 0.713. The molecule has 0 unspecified atom stereocenters. The second-order valence-corrected chi connectivity index (χ2v) is 3.99. The van der Waals surface area contributed by atoms with Crippen LogP contribution in [0.1, 0.15) is 5.69 Å². The summed E-state index contributed by atoms with van der Waals surface area (Å²) in [7, 11) is 0. The van der Waals surface area contributed by atoms with Gasteiger partial charge in [-0.3, -0.25) is 0 Å². The second kappa shape index (κ2) is 4.90. The van der Waals surface area contributed by atoms with E-state index >= 15 is 0 Å². The number of hydrogen-bond acceptors (Lipinski definition) is 4. The van der Waals surface area contributed by atoms with Crippen LogP contribution >= 0.6 is 0 Å². The molecule has 1 aromatic carbocycles. The Bertz CT molecular complexity index is 772. The van der Waals surface area contributed by atoms with E-state index < -0.39 is 0 Å². The Morgan fingerprint density at radius 2 is 1.80 bits per heavy atom. The predicted octanol–water partition coefficient (Wildman–Crippen LogP) is 2.34.